The van der Waals surface area contributed by atoms with Crippen LogP contribution in [0.25, 0.3) is 0 Å². The molecule has 0 saturated heterocycles. The van der Waals surface area contributed by atoms with Gasteiger partial charge in [0.1, 0.15) is 6.54 Å². The highest BCUT2D eigenvalue weighted by molar-refractivity contribution is 7.92. The van der Waals surface area contributed by atoms with E-state index >= 15 is 0 Å². The van der Waals surface area contributed by atoms with Gasteiger partial charge in [0.2, 0.25) is 11.7 Å². The van der Waals surface area contributed by atoms with Gasteiger partial charge in [-0.3, -0.25) is 9.10 Å². The topological polar surface area (TPSA) is 94.2 Å². The van der Waals surface area contributed by atoms with Crippen LogP contribution in [0.15, 0.2) is 65.6 Å². The quantitative estimate of drug-likeness (QED) is 0.457. The zero-order valence-corrected chi connectivity index (χ0v) is 21.3. The van der Waals surface area contributed by atoms with Crippen molar-refractivity contribution in [1.29, 1.82) is 0 Å². The number of rotatable bonds is 10. The number of hydrogen-bond donors (Lipinski definition) is 1. The number of hydrogen-bond acceptors (Lipinski definition) is 6. The molecule has 0 aliphatic rings. The first-order valence-corrected chi connectivity index (χ1v) is 12.4. The second-order valence-corrected chi connectivity index (χ2v) is 9.75. The molecule has 3 aromatic carbocycles. The first-order valence-electron chi connectivity index (χ1n) is 10.9. The lowest BCUT2D eigenvalue weighted by atomic mass is 10.1. The van der Waals surface area contributed by atoms with Crippen molar-refractivity contribution in [1.82, 2.24) is 5.32 Å². The fourth-order valence-corrected chi connectivity index (χ4v) is 5.29. The van der Waals surface area contributed by atoms with Crippen molar-refractivity contribution in [2.24, 2.45) is 0 Å². The van der Waals surface area contributed by atoms with E-state index < -0.39 is 22.5 Å². The van der Waals surface area contributed by atoms with Gasteiger partial charge in [0, 0.05) is 12.1 Å². The largest absolute Gasteiger partial charge is 0.493 e. The smallest absolute Gasteiger partial charge is 0.264 e. The molecule has 1 N–H and O–H groups in total. The van der Waals surface area contributed by atoms with E-state index in [0.29, 0.717) is 28.5 Å². The lowest BCUT2D eigenvalue weighted by molar-refractivity contribution is -0.119. The number of sulfonamides is 1. The monoisotopic (exact) mass is 498 g/mol. The van der Waals surface area contributed by atoms with Gasteiger partial charge in [-0.25, -0.2) is 8.42 Å². The number of nitrogens with zero attached hydrogens (tertiary/aromatic N) is 1. The summed E-state index contributed by atoms with van der Waals surface area (Å²) in [5.74, 6) is 0.858. The number of methoxy groups -OCH3 is 3. The van der Waals surface area contributed by atoms with Gasteiger partial charge >= 0.3 is 0 Å². The molecule has 8 nitrogen and oxygen atoms in total. The minimum atomic E-state index is -3.99. The van der Waals surface area contributed by atoms with Crippen LogP contribution in [0.1, 0.15) is 16.7 Å². The van der Waals surface area contributed by atoms with E-state index in [1.807, 2.05) is 26.0 Å². The Labute approximate surface area is 206 Å². The molecule has 0 spiro atoms. The summed E-state index contributed by atoms with van der Waals surface area (Å²) in [5.41, 5.74) is 2.84. The van der Waals surface area contributed by atoms with Crippen LogP contribution in [0.5, 0.6) is 17.2 Å². The van der Waals surface area contributed by atoms with Crippen molar-refractivity contribution >= 4 is 21.6 Å². The van der Waals surface area contributed by atoms with Gasteiger partial charge in [-0.05, 0) is 49.7 Å². The molecule has 0 heterocycles. The number of benzene rings is 3. The van der Waals surface area contributed by atoms with Gasteiger partial charge in [0.15, 0.2) is 11.5 Å². The molecule has 1 amide bonds. The molecule has 3 aromatic rings. The number of ether oxygens (including phenoxy) is 3. The van der Waals surface area contributed by atoms with Crippen molar-refractivity contribution in [3.05, 3.63) is 77.4 Å². The molecule has 0 aliphatic carbocycles. The maximum atomic E-state index is 13.5. The predicted octanol–water partition coefficient (Wildman–Crippen LogP) is 3.84. The molecule has 0 saturated carbocycles. The van der Waals surface area contributed by atoms with E-state index in [1.165, 1.54) is 33.5 Å². The molecule has 0 atom stereocenters. The fourth-order valence-electron chi connectivity index (χ4n) is 3.79. The van der Waals surface area contributed by atoms with Crippen LogP contribution < -0.4 is 23.8 Å². The Balaban J connectivity index is 1.90. The van der Waals surface area contributed by atoms with Gasteiger partial charge < -0.3 is 19.5 Å². The molecule has 0 bridgehead atoms. The van der Waals surface area contributed by atoms with E-state index in [0.717, 1.165) is 15.4 Å². The average Bonchev–Trinajstić information content (AvgIpc) is 2.86. The SMILES string of the molecule is COc1ccc(CNC(=O)CN(c2ccc(C)cc2C)S(=O)(=O)c2ccccc2)c(OC)c1OC. The van der Waals surface area contributed by atoms with Crippen LogP contribution in [-0.2, 0) is 21.4 Å². The van der Waals surface area contributed by atoms with Crippen LogP contribution in [0.2, 0.25) is 0 Å². The second kappa shape index (κ2) is 11.1. The molecule has 0 aromatic heterocycles. The van der Waals surface area contributed by atoms with Crippen LogP contribution in [0.4, 0.5) is 5.69 Å². The second-order valence-electron chi connectivity index (χ2n) is 7.88. The van der Waals surface area contributed by atoms with Crippen LogP contribution in [0, 0.1) is 13.8 Å². The Morgan fingerprint density at radius 1 is 0.886 bits per heavy atom. The Morgan fingerprint density at radius 3 is 2.17 bits per heavy atom. The highest BCUT2D eigenvalue weighted by Gasteiger charge is 2.28. The first-order chi connectivity index (χ1) is 16.7. The standard InChI is InChI=1S/C26H30N2O6S/c1-18-11-13-22(19(2)15-18)28(35(30,31)21-9-7-6-8-10-21)17-24(29)27-16-20-12-14-23(32-3)26(34-5)25(20)33-4/h6-15H,16-17H2,1-5H3,(H,27,29). The summed E-state index contributed by atoms with van der Waals surface area (Å²) in [7, 11) is 0.529. The van der Waals surface area contributed by atoms with Crippen molar-refractivity contribution in [3.8, 4) is 17.2 Å². The summed E-state index contributed by atoms with van der Waals surface area (Å²) in [5, 5.41) is 2.80. The summed E-state index contributed by atoms with van der Waals surface area (Å²) in [4.78, 5) is 13.1. The van der Waals surface area contributed by atoms with E-state index in [4.69, 9.17) is 14.2 Å². The highest BCUT2D eigenvalue weighted by atomic mass is 32.2. The molecule has 3 rings (SSSR count). The maximum Gasteiger partial charge on any atom is 0.264 e. The van der Waals surface area contributed by atoms with E-state index in [2.05, 4.69) is 5.32 Å². The molecule has 9 heteroatoms. The molecule has 0 aliphatic heterocycles. The number of anilines is 1. The minimum absolute atomic E-state index is 0.106. The minimum Gasteiger partial charge on any atom is -0.493 e. The Bertz CT molecular complexity index is 1290. The predicted molar refractivity (Wildman–Crippen MR) is 135 cm³/mol. The van der Waals surface area contributed by atoms with Crippen LogP contribution in [-0.4, -0.2) is 42.2 Å². The molecular formula is C26H30N2O6S. The number of nitrogens with one attached hydrogen (secondary N) is 1. The number of amides is 1. The molecule has 0 radical (unpaired) electrons. The van der Waals surface area contributed by atoms with Crippen molar-refractivity contribution < 1.29 is 27.4 Å². The lowest BCUT2D eigenvalue weighted by Gasteiger charge is -2.26. The molecular weight excluding hydrogens is 468 g/mol. The summed E-state index contributed by atoms with van der Waals surface area (Å²) in [6, 6.07) is 17.0. The van der Waals surface area contributed by atoms with Crippen molar-refractivity contribution in [3.63, 3.8) is 0 Å². The Morgan fingerprint density at radius 2 is 1.57 bits per heavy atom. The average molecular weight is 499 g/mol. The number of carbonyl (C=O) groups is 1. The molecule has 35 heavy (non-hydrogen) atoms. The highest BCUT2D eigenvalue weighted by Crippen LogP contribution is 2.39. The van der Waals surface area contributed by atoms with Gasteiger partial charge in [0.05, 0.1) is 31.9 Å². The Hall–Kier alpha value is -3.72. The van der Waals surface area contributed by atoms with Crippen molar-refractivity contribution in [2.45, 2.75) is 25.3 Å². The fraction of sp³-hybridized carbons (Fsp3) is 0.269. The zero-order valence-electron chi connectivity index (χ0n) is 20.5. The zero-order chi connectivity index (χ0) is 25.6. The van der Waals surface area contributed by atoms with Gasteiger partial charge in [0.25, 0.3) is 10.0 Å². The summed E-state index contributed by atoms with van der Waals surface area (Å²) < 4.78 is 44.4. The van der Waals surface area contributed by atoms with Gasteiger partial charge in [-0.2, -0.15) is 0 Å². The first kappa shape index (κ1) is 25.9. The Kier molecular flexibility index (Phi) is 8.24. The van der Waals surface area contributed by atoms with Crippen LogP contribution >= 0.6 is 0 Å². The van der Waals surface area contributed by atoms with E-state index in [1.54, 1.807) is 36.4 Å². The van der Waals surface area contributed by atoms with Crippen molar-refractivity contribution in [2.75, 3.05) is 32.2 Å². The van der Waals surface area contributed by atoms with Gasteiger partial charge in [-0.15, -0.1) is 0 Å². The van der Waals surface area contributed by atoms with E-state index in [-0.39, 0.29) is 11.4 Å². The van der Waals surface area contributed by atoms with E-state index in [9.17, 15) is 13.2 Å². The van der Waals surface area contributed by atoms with Crippen LogP contribution in [0.3, 0.4) is 0 Å². The third-order valence-electron chi connectivity index (χ3n) is 5.50. The lowest BCUT2D eigenvalue weighted by Crippen LogP contribution is -2.41. The third kappa shape index (κ3) is 5.68. The van der Waals surface area contributed by atoms with Gasteiger partial charge in [-0.1, -0.05) is 35.9 Å². The normalized spacial score (nSPS) is 11.0. The third-order valence-corrected chi connectivity index (χ3v) is 7.28. The summed E-state index contributed by atoms with van der Waals surface area (Å²) >= 11 is 0. The number of carbonyl (C=O) groups excluding carboxylic acids is 1. The molecule has 0 unspecified atom stereocenters. The number of aryl methyl sites for hydroxylation is 2. The maximum absolute atomic E-state index is 13.5. The molecule has 0 fully saturated rings. The molecule has 186 valence electrons. The summed E-state index contributed by atoms with van der Waals surface area (Å²) in [6.07, 6.45) is 0. The summed E-state index contributed by atoms with van der Waals surface area (Å²) in [6.45, 7) is 3.46.